The number of nitrogens with zero attached hydrogens (tertiary/aromatic N) is 3. The van der Waals surface area contributed by atoms with Crippen LogP contribution in [-0.2, 0) is 5.41 Å². The Hall–Kier alpha value is -1.53. The van der Waals surface area contributed by atoms with Crippen LogP contribution in [0.4, 0.5) is 5.82 Å². The number of nitrogens with two attached hydrogens (primary N) is 1. The van der Waals surface area contributed by atoms with Gasteiger partial charge in [0.25, 0.3) is 0 Å². The molecule has 2 aromatic rings. The number of nitrogen functional groups attached to an aromatic ring is 1. The summed E-state index contributed by atoms with van der Waals surface area (Å²) in [6.45, 7) is 6.47. The van der Waals surface area contributed by atoms with Crippen LogP contribution in [0, 0.1) is 0 Å². The summed E-state index contributed by atoms with van der Waals surface area (Å²) in [5.41, 5.74) is 4.56. The van der Waals surface area contributed by atoms with Crippen molar-refractivity contribution in [1.29, 1.82) is 0 Å². The number of hydrogen-bond acceptors (Lipinski definition) is 6. The van der Waals surface area contributed by atoms with Gasteiger partial charge in [0.15, 0.2) is 5.82 Å². The first-order valence-electron chi connectivity index (χ1n) is 6.79. The average molecular weight is 289 g/mol. The van der Waals surface area contributed by atoms with Gasteiger partial charge < -0.3 is 5.43 Å². The van der Waals surface area contributed by atoms with Gasteiger partial charge in [-0.05, 0) is 12.8 Å². The van der Waals surface area contributed by atoms with Crippen LogP contribution in [-0.4, -0.2) is 15.0 Å². The van der Waals surface area contributed by atoms with Gasteiger partial charge in [-0.2, -0.15) is 0 Å². The maximum atomic E-state index is 5.50. The van der Waals surface area contributed by atoms with Crippen LogP contribution in [0.5, 0.6) is 0 Å². The van der Waals surface area contributed by atoms with Gasteiger partial charge in [-0.15, -0.1) is 11.3 Å². The highest BCUT2D eigenvalue weighted by Crippen LogP contribution is 2.40. The van der Waals surface area contributed by atoms with Gasteiger partial charge in [0.1, 0.15) is 11.5 Å². The molecule has 2 aromatic heterocycles. The number of thiazole rings is 1. The Kier molecular flexibility index (Phi) is 3.22. The zero-order chi connectivity index (χ0) is 14.3. The second-order valence-electron chi connectivity index (χ2n) is 6.21. The second kappa shape index (κ2) is 4.79. The van der Waals surface area contributed by atoms with Crippen LogP contribution in [0.1, 0.15) is 50.2 Å². The fraction of sp³-hybridized carbons (Fsp3) is 0.500. The number of nitrogens with one attached hydrogen (secondary N) is 1. The van der Waals surface area contributed by atoms with Gasteiger partial charge in [0.2, 0.25) is 0 Å². The summed E-state index contributed by atoms with van der Waals surface area (Å²) in [5.74, 6) is 7.38. The third-order valence-corrected chi connectivity index (χ3v) is 4.53. The van der Waals surface area contributed by atoms with Crippen LogP contribution >= 0.6 is 11.3 Å². The van der Waals surface area contributed by atoms with E-state index in [4.69, 9.17) is 5.84 Å². The van der Waals surface area contributed by atoms with Crippen molar-refractivity contribution in [3.63, 3.8) is 0 Å². The molecule has 0 amide bonds. The number of rotatable bonds is 3. The number of hydrazine groups is 1. The Labute approximate surface area is 122 Å². The zero-order valence-corrected chi connectivity index (χ0v) is 12.8. The molecule has 0 aliphatic heterocycles. The van der Waals surface area contributed by atoms with E-state index in [9.17, 15) is 0 Å². The van der Waals surface area contributed by atoms with Crippen molar-refractivity contribution < 1.29 is 0 Å². The van der Waals surface area contributed by atoms with Crippen molar-refractivity contribution in [2.24, 2.45) is 5.84 Å². The quantitative estimate of drug-likeness (QED) is 0.671. The molecule has 1 saturated carbocycles. The Morgan fingerprint density at radius 1 is 1.25 bits per heavy atom. The van der Waals surface area contributed by atoms with Crippen LogP contribution < -0.4 is 11.3 Å². The van der Waals surface area contributed by atoms with Crippen LogP contribution in [0.15, 0.2) is 11.4 Å². The third kappa shape index (κ3) is 2.66. The molecule has 5 nitrogen and oxygen atoms in total. The van der Waals surface area contributed by atoms with E-state index < -0.39 is 0 Å². The highest BCUT2D eigenvalue weighted by molar-refractivity contribution is 7.10. The van der Waals surface area contributed by atoms with Crippen molar-refractivity contribution >= 4 is 17.2 Å². The summed E-state index contributed by atoms with van der Waals surface area (Å²) in [7, 11) is 0. The highest BCUT2D eigenvalue weighted by Gasteiger charge is 2.27. The summed E-state index contributed by atoms with van der Waals surface area (Å²) in [6, 6.07) is 1.93. The molecule has 3 N–H and O–H groups in total. The number of aromatic nitrogens is 3. The fourth-order valence-corrected chi connectivity index (χ4v) is 2.85. The lowest BCUT2D eigenvalue weighted by Crippen LogP contribution is -2.11. The lowest BCUT2D eigenvalue weighted by molar-refractivity contribution is 0.586. The lowest BCUT2D eigenvalue weighted by atomic mass is 9.98. The fourth-order valence-electron chi connectivity index (χ4n) is 1.96. The summed E-state index contributed by atoms with van der Waals surface area (Å²) < 4.78 is 0. The second-order valence-corrected chi connectivity index (χ2v) is 7.07. The van der Waals surface area contributed by atoms with Crippen molar-refractivity contribution in [2.45, 2.75) is 44.9 Å². The molecule has 3 rings (SSSR count). The van der Waals surface area contributed by atoms with Crippen LogP contribution in [0.25, 0.3) is 11.5 Å². The molecule has 1 aliphatic rings. The molecular formula is C14H19N5S. The van der Waals surface area contributed by atoms with E-state index in [1.165, 1.54) is 12.8 Å². The van der Waals surface area contributed by atoms with Crippen molar-refractivity contribution in [3.05, 3.63) is 22.1 Å². The zero-order valence-electron chi connectivity index (χ0n) is 12.0. The van der Waals surface area contributed by atoms with Crippen LogP contribution in [0.3, 0.4) is 0 Å². The minimum Gasteiger partial charge on any atom is -0.308 e. The predicted octanol–water partition coefficient (Wildman–Crippen LogP) is 3.06. The van der Waals surface area contributed by atoms with Crippen molar-refractivity contribution in [3.8, 4) is 11.5 Å². The standard InChI is InChI=1S/C14H19N5S/c1-14(2,3)13-17-10(7-20-13)12-16-9(8-4-5-8)6-11(18-12)19-15/h6-8H,4-5,15H2,1-3H3,(H,16,18,19). The Bertz CT molecular complexity index is 625. The van der Waals surface area contributed by atoms with Gasteiger partial charge in [-0.25, -0.2) is 20.8 Å². The van der Waals surface area contributed by atoms with Gasteiger partial charge in [0.05, 0.1) is 5.01 Å². The van der Waals surface area contributed by atoms with Gasteiger partial charge >= 0.3 is 0 Å². The molecule has 106 valence electrons. The minimum atomic E-state index is 0.0476. The molecule has 1 fully saturated rings. The largest absolute Gasteiger partial charge is 0.308 e. The molecular weight excluding hydrogens is 270 g/mol. The van der Waals surface area contributed by atoms with E-state index in [-0.39, 0.29) is 5.41 Å². The van der Waals surface area contributed by atoms with Crippen LogP contribution in [0.2, 0.25) is 0 Å². The van der Waals surface area contributed by atoms with E-state index in [2.05, 4.69) is 41.1 Å². The molecule has 0 bridgehead atoms. The molecule has 0 atom stereocenters. The average Bonchev–Trinajstić information content (AvgIpc) is 3.13. The summed E-state index contributed by atoms with van der Waals surface area (Å²) in [4.78, 5) is 13.7. The Morgan fingerprint density at radius 3 is 2.55 bits per heavy atom. The predicted molar refractivity (Wildman–Crippen MR) is 81.6 cm³/mol. The molecule has 0 unspecified atom stereocenters. The molecule has 6 heteroatoms. The normalized spacial score (nSPS) is 15.4. The SMILES string of the molecule is CC(C)(C)c1nc(-c2nc(NN)cc(C3CC3)n2)cs1. The van der Waals surface area contributed by atoms with E-state index in [1.807, 2.05) is 11.4 Å². The maximum absolute atomic E-state index is 5.50. The van der Waals surface area contributed by atoms with E-state index in [0.717, 1.165) is 16.4 Å². The molecule has 20 heavy (non-hydrogen) atoms. The first-order valence-corrected chi connectivity index (χ1v) is 7.67. The summed E-state index contributed by atoms with van der Waals surface area (Å²) >= 11 is 1.65. The monoisotopic (exact) mass is 289 g/mol. The molecule has 0 spiro atoms. The van der Waals surface area contributed by atoms with Crippen molar-refractivity contribution in [2.75, 3.05) is 5.43 Å². The Morgan fingerprint density at radius 2 is 2.00 bits per heavy atom. The molecule has 0 saturated heterocycles. The third-order valence-electron chi connectivity index (χ3n) is 3.26. The van der Waals surface area contributed by atoms with E-state index in [1.54, 1.807) is 11.3 Å². The molecule has 1 aliphatic carbocycles. The summed E-state index contributed by atoms with van der Waals surface area (Å²) in [6.07, 6.45) is 2.40. The molecule has 0 radical (unpaired) electrons. The van der Waals surface area contributed by atoms with E-state index >= 15 is 0 Å². The first-order chi connectivity index (χ1) is 9.47. The minimum absolute atomic E-state index is 0.0476. The summed E-state index contributed by atoms with van der Waals surface area (Å²) in [5, 5.41) is 3.11. The molecule has 2 heterocycles. The Balaban J connectivity index is 2.00. The highest BCUT2D eigenvalue weighted by atomic mass is 32.1. The van der Waals surface area contributed by atoms with Gasteiger partial charge in [-0.3, -0.25) is 0 Å². The maximum Gasteiger partial charge on any atom is 0.181 e. The van der Waals surface area contributed by atoms with Gasteiger partial charge in [0, 0.05) is 28.5 Å². The van der Waals surface area contributed by atoms with Crippen molar-refractivity contribution in [1.82, 2.24) is 15.0 Å². The topological polar surface area (TPSA) is 76.7 Å². The van der Waals surface area contributed by atoms with Gasteiger partial charge in [-0.1, -0.05) is 20.8 Å². The molecule has 0 aromatic carbocycles. The number of anilines is 1. The smallest absolute Gasteiger partial charge is 0.181 e. The number of hydrogen-bond donors (Lipinski definition) is 2. The van der Waals surface area contributed by atoms with E-state index in [0.29, 0.717) is 17.6 Å². The first kappa shape index (κ1) is 13.5. The lowest BCUT2D eigenvalue weighted by Gasteiger charge is -2.13.